The molecule has 0 amide bonds. The first-order chi connectivity index (χ1) is 17.1. The summed E-state index contributed by atoms with van der Waals surface area (Å²) in [5.74, 6) is 1.69. The first-order valence-electron chi connectivity index (χ1n) is 12.6. The van der Waals surface area contributed by atoms with E-state index in [-0.39, 0.29) is 6.17 Å². The molecule has 2 atom stereocenters. The SMILES string of the molecule is CC=C1C=C(c2ccc(C3N=C(C)ON3)cc2Cl)CN(C2CCNC2)C1=NCNC1CCOCC1. The maximum atomic E-state index is 6.82. The van der Waals surface area contributed by atoms with Crippen LogP contribution in [0.25, 0.3) is 5.57 Å². The quantitative estimate of drug-likeness (QED) is 0.557. The lowest BCUT2D eigenvalue weighted by Crippen LogP contribution is -2.46. The molecule has 4 aliphatic rings. The van der Waals surface area contributed by atoms with E-state index >= 15 is 0 Å². The lowest BCUT2D eigenvalue weighted by Gasteiger charge is -2.37. The second-order valence-electron chi connectivity index (χ2n) is 9.43. The van der Waals surface area contributed by atoms with Crippen molar-refractivity contribution >= 4 is 28.9 Å². The number of nitrogens with zero attached hydrogens (tertiary/aromatic N) is 3. The van der Waals surface area contributed by atoms with Gasteiger partial charge in [-0.05, 0) is 61.6 Å². The summed E-state index contributed by atoms with van der Waals surface area (Å²) in [6.45, 7) is 8.96. The number of allylic oxidation sites excluding steroid dienone is 1. The van der Waals surface area contributed by atoms with Crippen LogP contribution in [0.4, 0.5) is 0 Å². The van der Waals surface area contributed by atoms with Crippen molar-refractivity contribution in [3.8, 4) is 0 Å². The maximum Gasteiger partial charge on any atom is 0.208 e. The van der Waals surface area contributed by atoms with Gasteiger partial charge in [-0.15, -0.1) is 5.48 Å². The Morgan fingerprint density at radius 1 is 1.29 bits per heavy atom. The molecule has 0 spiro atoms. The van der Waals surface area contributed by atoms with Gasteiger partial charge in [0.05, 0.1) is 6.67 Å². The third-order valence-electron chi connectivity index (χ3n) is 7.10. The Labute approximate surface area is 212 Å². The summed E-state index contributed by atoms with van der Waals surface area (Å²) in [6, 6.07) is 7.04. The largest absolute Gasteiger partial charge is 0.391 e. The molecule has 0 aliphatic carbocycles. The highest BCUT2D eigenvalue weighted by Gasteiger charge is 2.31. The van der Waals surface area contributed by atoms with Gasteiger partial charge in [0.15, 0.2) is 6.17 Å². The van der Waals surface area contributed by atoms with Gasteiger partial charge in [0.25, 0.3) is 0 Å². The van der Waals surface area contributed by atoms with Crippen LogP contribution in [0.1, 0.15) is 50.4 Å². The van der Waals surface area contributed by atoms with Crippen molar-refractivity contribution in [1.82, 2.24) is 21.0 Å². The highest BCUT2D eigenvalue weighted by Crippen LogP contribution is 2.34. The van der Waals surface area contributed by atoms with Gasteiger partial charge in [-0.25, -0.2) is 4.99 Å². The first kappa shape index (κ1) is 24.5. The van der Waals surface area contributed by atoms with Crippen molar-refractivity contribution in [2.45, 2.75) is 51.4 Å². The summed E-state index contributed by atoms with van der Waals surface area (Å²) in [4.78, 5) is 17.3. The number of aliphatic imine (C=N–C) groups is 2. The van der Waals surface area contributed by atoms with Gasteiger partial charge in [-0.2, -0.15) is 0 Å². The molecule has 35 heavy (non-hydrogen) atoms. The Hall–Kier alpha value is -2.23. The van der Waals surface area contributed by atoms with Crippen LogP contribution in [-0.4, -0.2) is 68.2 Å². The summed E-state index contributed by atoms with van der Waals surface area (Å²) in [5.41, 5.74) is 7.30. The van der Waals surface area contributed by atoms with Gasteiger partial charge in [0.1, 0.15) is 5.84 Å². The molecule has 2 unspecified atom stereocenters. The summed E-state index contributed by atoms with van der Waals surface area (Å²) < 4.78 is 5.48. The van der Waals surface area contributed by atoms with Crippen molar-refractivity contribution in [2.75, 3.05) is 39.5 Å². The molecule has 4 heterocycles. The summed E-state index contributed by atoms with van der Waals surface area (Å²) in [5, 5.41) is 7.84. The number of benzene rings is 1. The zero-order chi connectivity index (χ0) is 24.2. The molecular weight excluding hydrogens is 464 g/mol. The van der Waals surface area contributed by atoms with Gasteiger partial charge in [0, 0.05) is 55.9 Å². The molecular formula is C26H35ClN6O2. The van der Waals surface area contributed by atoms with Crippen LogP contribution >= 0.6 is 11.6 Å². The van der Waals surface area contributed by atoms with Gasteiger partial charge >= 0.3 is 0 Å². The van der Waals surface area contributed by atoms with Crippen LogP contribution in [-0.2, 0) is 9.57 Å². The number of hydroxylamine groups is 1. The Balaban J connectivity index is 1.39. The van der Waals surface area contributed by atoms with Crippen LogP contribution in [0.15, 0.2) is 45.9 Å². The highest BCUT2D eigenvalue weighted by molar-refractivity contribution is 6.32. The van der Waals surface area contributed by atoms with Gasteiger partial charge in [-0.3, -0.25) is 10.3 Å². The fourth-order valence-electron chi connectivity index (χ4n) is 5.12. The Morgan fingerprint density at radius 2 is 2.14 bits per heavy atom. The maximum absolute atomic E-state index is 6.82. The molecule has 3 N–H and O–H groups in total. The van der Waals surface area contributed by atoms with E-state index in [4.69, 9.17) is 26.2 Å². The molecule has 188 valence electrons. The molecule has 2 saturated heterocycles. The van der Waals surface area contributed by atoms with Gasteiger partial charge in [0.2, 0.25) is 5.90 Å². The molecule has 5 rings (SSSR count). The van der Waals surface area contributed by atoms with Gasteiger partial charge in [-0.1, -0.05) is 29.8 Å². The normalized spacial score (nSPS) is 27.9. The van der Waals surface area contributed by atoms with Crippen LogP contribution in [0.3, 0.4) is 0 Å². The lowest BCUT2D eigenvalue weighted by atomic mass is 9.94. The molecule has 9 heteroatoms. The smallest absolute Gasteiger partial charge is 0.208 e. The summed E-state index contributed by atoms with van der Waals surface area (Å²) >= 11 is 6.82. The summed E-state index contributed by atoms with van der Waals surface area (Å²) in [7, 11) is 0. The van der Waals surface area contributed by atoms with Crippen LogP contribution < -0.4 is 16.1 Å². The van der Waals surface area contributed by atoms with E-state index in [1.54, 1.807) is 0 Å². The minimum absolute atomic E-state index is 0.226. The zero-order valence-corrected chi connectivity index (χ0v) is 21.3. The predicted octanol–water partition coefficient (Wildman–Crippen LogP) is 3.42. The first-order valence-corrected chi connectivity index (χ1v) is 13.0. The minimum atomic E-state index is -0.226. The van der Waals surface area contributed by atoms with Crippen molar-refractivity contribution in [3.63, 3.8) is 0 Å². The average Bonchev–Trinajstić information content (AvgIpc) is 3.57. The second kappa shape index (κ2) is 11.2. The molecule has 0 radical (unpaired) electrons. The predicted molar refractivity (Wildman–Crippen MR) is 141 cm³/mol. The molecule has 1 aromatic carbocycles. The molecule has 1 aromatic rings. The van der Waals surface area contributed by atoms with E-state index in [2.05, 4.69) is 57.2 Å². The van der Waals surface area contributed by atoms with Gasteiger partial charge < -0.3 is 19.8 Å². The molecule has 0 aromatic heterocycles. The topological polar surface area (TPSA) is 82.5 Å². The van der Waals surface area contributed by atoms with Crippen LogP contribution in [0, 0.1) is 0 Å². The zero-order valence-electron chi connectivity index (χ0n) is 20.5. The minimum Gasteiger partial charge on any atom is -0.391 e. The fraction of sp³-hybridized carbons (Fsp3) is 0.538. The standard InChI is InChI=1S/C26H35ClN6O2/c1-3-18-12-20(23-5-4-19(13-24(23)27)25-31-17(2)35-32-25)15-33(22-6-9-28-14-22)26(18)30-16-29-21-7-10-34-11-8-21/h3-5,12-13,21-22,25,28-29,32H,6-11,14-16H2,1-2H3. The average molecular weight is 499 g/mol. The number of hydrogen-bond donors (Lipinski definition) is 3. The molecule has 2 fully saturated rings. The van der Waals surface area contributed by atoms with Crippen LogP contribution in [0.2, 0.25) is 5.02 Å². The number of rotatable bonds is 6. The van der Waals surface area contributed by atoms with Crippen LogP contribution in [0.5, 0.6) is 0 Å². The van der Waals surface area contributed by atoms with E-state index in [1.165, 1.54) is 5.57 Å². The number of halogens is 1. The Kier molecular flexibility index (Phi) is 7.84. The monoisotopic (exact) mass is 498 g/mol. The van der Waals surface area contributed by atoms with E-state index in [0.29, 0.717) is 24.7 Å². The Morgan fingerprint density at radius 3 is 2.83 bits per heavy atom. The second-order valence-corrected chi connectivity index (χ2v) is 9.84. The van der Waals surface area contributed by atoms with E-state index < -0.39 is 0 Å². The number of hydrogen-bond acceptors (Lipinski definition) is 7. The van der Waals surface area contributed by atoms with Crippen molar-refractivity contribution in [2.24, 2.45) is 9.98 Å². The van der Waals surface area contributed by atoms with E-state index in [1.807, 2.05) is 13.0 Å². The van der Waals surface area contributed by atoms with Crippen molar-refractivity contribution < 1.29 is 9.57 Å². The third kappa shape index (κ3) is 5.62. The Bertz CT molecular complexity index is 1040. The number of ether oxygens (including phenoxy) is 1. The van der Waals surface area contributed by atoms with Crippen molar-refractivity contribution in [1.29, 1.82) is 0 Å². The molecule has 0 saturated carbocycles. The van der Waals surface area contributed by atoms with E-state index in [0.717, 1.165) is 79.7 Å². The van der Waals surface area contributed by atoms with Crippen molar-refractivity contribution in [3.05, 3.63) is 52.1 Å². The number of amidine groups is 1. The molecule has 8 nitrogen and oxygen atoms in total. The summed E-state index contributed by atoms with van der Waals surface area (Å²) in [6.07, 6.45) is 7.37. The number of nitrogens with one attached hydrogen (secondary N) is 3. The highest BCUT2D eigenvalue weighted by atomic mass is 35.5. The van der Waals surface area contributed by atoms with E-state index in [9.17, 15) is 0 Å². The fourth-order valence-corrected chi connectivity index (χ4v) is 5.43. The third-order valence-corrected chi connectivity index (χ3v) is 7.41. The molecule has 0 bridgehead atoms. The lowest BCUT2D eigenvalue weighted by molar-refractivity contribution is 0.0783. The molecule has 4 aliphatic heterocycles.